The number of rotatable bonds is 2. The van der Waals surface area contributed by atoms with Gasteiger partial charge in [-0.05, 0) is 12.1 Å². The molecular formula is C9H9N3O3. The number of aromatic nitrogens is 3. The monoisotopic (exact) mass is 207 g/mol. The average molecular weight is 207 g/mol. The van der Waals surface area contributed by atoms with Crippen molar-refractivity contribution < 1.29 is 15.3 Å². The van der Waals surface area contributed by atoms with Crippen LogP contribution in [-0.2, 0) is 0 Å². The topological polar surface area (TPSA) is 91.4 Å². The highest BCUT2D eigenvalue weighted by Gasteiger charge is 2.13. The van der Waals surface area contributed by atoms with E-state index in [4.69, 9.17) is 10.2 Å². The van der Waals surface area contributed by atoms with Crippen LogP contribution in [-0.4, -0.2) is 30.1 Å². The van der Waals surface area contributed by atoms with Gasteiger partial charge in [-0.25, -0.2) is 4.98 Å². The Labute approximate surface area is 85.1 Å². The summed E-state index contributed by atoms with van der Waals surface area (Å²) in [5.74, 6) is 0.207. The van der Waals surface area contributed by atoms with E-state index in [9.17, 15) is 5.11 Å². The van der Waals surface area contributed by atoms with Crippen molar-refractivity contribution in [3.05, 3.63) is 36.2 Å². The third-order valence-corrected chi connectivity index (χ3v) is 1.84. The summed E-state index contributed by atoms with van der Waals surface area (Å²) in [4.78, 5) is 3.96. The second kappa shape index (κ2) is 3.68. The van der Waals surface area contributed by atoms with Crippen LogP contribution in [0.2, 0.25) is 0 Å². The number of aromatic hydroxyl groups is 1. The first-order chi connectivity index (χ1) is 7.18. The summed E-state index contributed by atoms with van der Waals surface area (Å²) in [6, 6.07) is 6.27. The molecule has 0 radical (unpaired) electrons. The fourth-order valence-electron chi connectivity index (χ4n) is 1.16. The lowest BCUT2D eigenvalue weighted by atomic mass is 10.4. The Morgan fingerprint density at radius 2 is 2.07 bits per heavy atom. The highest BCUT2D eigenvalue weighted by Crippen LogP contribution is 2.19. The van der Waals surface area contributed by atoms with Crippen LogP contribution in [0.15, 0.2) is 30.5 Å². The third-order valence-electron chi connectivity index (χ3n) is 1.84. The normalized spacial score (nSPS) is 10.9. The Balaban J connectivity index is 2.45. The van der Waals surface area contributed by atoms with Crippen LogP contribution in [0.5, 0.6) is 5.88 Å². The van der Waals surface area contributed by atoms with Gasteiger partial charge in [0.1, 0.15) is 5.69 Å². The number of aliphatic hydroxyl groups is 2. The molecule has 6 nitrogen and oxygen atoms in total. The van der Waals surface area contributed by atoms with Crippen molar-refractivity contribution in [2.24, 2.45) is 0 Å². The molecule has 78 valence electrons. The molecule has 15 heavy (non-hydrogen) atoms. The minimum Gasteiger partial charge on any atom is -0.493 e. The van der Waals surface area contributed by atoms with Crippen LogP contribution in [0.3, 0.4) is 0 Å². The van der Waals surface area contributed by atoms with Crippen molar-refractivity contribution in [3.8, 4) is 11.7 Å². The molecule has 3 N–H and O–H groups in total. The van der Waals surface area contributed by atoms with E-state index in [1.54, 1.807) is 24.4 Å². The first kappa shape index (κ1) is 9.63. The molecule has 2 aromatic rings. The summed E-state index contributed by atoms with van der Waals surface area (Å²) in [5.41, 5.74) is -0.0295. The number of hydrogen-bond donors (Lipinski definition) is 3. The van der Waals surface area contributed by atoms with Crippen molar-refractivity contribution in [2.45, 2.75) is 6.29 Å². The molecular weight excluding hydrogens is 198 g/mol. The van der Waals surface area contributed by atoms with Crippen LogP contribution in [0.25, 0.3) is 5.82 Å². The molecule has 0 aliphatic carbocycles. The van der Waals surface area contributed by atoms with Crippen LogP contribution >= 0.6 is 0 Å². The zero-order chi connectivity index (χ0) is 10.8. The molecule has 0 saturated heterocycles. The summed E-state index contributed by atoms with van der Waals surface area (Å²) in [6.07, 6.45) is -0.160. The molecule has 0 atom stereocenters. The van der Waals surface area contributed by atoms with Gasteiger partial charge in [0.25, 0.3) is 0 Å². The van der Waals surface area contributed by atoms with Gasteiger partial charge in [-0.2, -0.15) is 9.78 Å². The summed E-state index contributed by atoms with van der Waals surface area (Å²) < 4.78 is 1.12. The smallest absolute Gasteiger partial charge is 0.216 e. The zero-order valence-corrected chi connectivity index (χ0v) is 7.65. The number of hydrogen-bond acceptors (Lipinski definition) is 5. The Kier molecular flexibility index (Phi) is 2.36. The van der Waals surface area contributed by atoms with Gasteiger partial charge in [0.05, 0.1) is 0 Å². The van der Waals surface area contributed by atoms with E-state index in [0.717, 1.165) is 4.68 Å². The Hall–Kier alpha value is -1.92. The fraction of sp³-hybridized carbons (Fsp3) is 0.111. The number of nitrogens with zero attached hydrogens (tertiary/aromatic N) is 3. The predicted octanol–water partition coefficient (Wildman–Crippen LogP) is -0.0439. The number of aliphatic hydroxyl groups excluding tert-OH is 1. The van der Waals surface area contributed by atoms with Crippen molar-refractivity contribution in [2.75, 3.05) is 0 Å². The van der Waals surface area contributed by atoms with E-state index < -0.39 is 6.29 Å². The van der Waals surface area contributed by atoms with Crippen molar-refractivity contribution >= 4 is 0 Å². The van der Waals surface area contributed by atoms with E-state index >= 15 is 0 Å². The highest BCUT2D eigenvalue weighted by molar-refractivity contribution is 5.28. The second-order valence-corrected chi connectivity index (χ2v) is 2.90. The quantitative estimate of drug-likeness (QED) is 0.601. The minimum absolute atomic E-state index is 0.0295. The first-order valence-electron chi connectivity index (χ1n) is 4.25. The molecule has 0 spiro atoms. The van der Waals surface area contributed by atoms with E-state index in [1.165, 1.54) is 6.07 Å². The van der Waals surface area contributed by atoms with Crippen molar-refractivity contribution in [3.63, 3.8) is 0 Å². The first-order valence-corrected chi connectivity index (χ1v) is 4.25. The Bertz CT molecular complexity index is 453. The molecule has 6 heteroatoms. The van der Waals surface area contributed by atoms with Gasteiger partial charge < -0.3 is 15.3 Å². The summed E-state index contributed by atoms with van der Waals surface area (Å²) in [7, 11) is 0. The van der Waals surface area contributed by atoms with Gasteiger partial charge in [0.2, 0.25) is 5.88 Å². The molecule has 2 aromatic heterocycles. The highest BCUT2D eigenvalue weighted by atomic mass is 16.5. The summed E-state index contributed by atoms with van der Waals surface area (Å²) in [6.45, 7) is 0. The van der Waals surface area contributed by atoms with Gasteiger partial charge in [-0.3, -0.25) is 0 Å². The van der Waals surface area contributed by atoms with Crippen molar-refractivity contribution in [1.82, 2.24) is 14.8 Å². The van der Waals surface area contributed by atoms with Crippen LogP contribution in [0.4, 0.5) is 0 Å². The molecule has 0 saturated carbocycles. The lowest BCUT2D eigenvalue weighted by Gasteiger charge is -2.00. The standard InChI is InChI=1S/C9H9N3O3/c13-8-5-6(9(14)15)11-12(8)7-3-1-2-4-10-7/h1-5,9,13-15H. The third kappa shape index (κ3) is 1.80. The zero-order valence-electron chi connectivity index (χ0n) is 7.65. The Morgan fingerprint density at radius 1 is 1.27 bits per heavy atom. The molecule has 0 amide bonds. The summed E-state index contributed by atoms with van der Waals surface area (Å²) >= 11 is 0. The molecule has 0 unspecified atom stereocenters. The molecule has 2 rings (SSSR count). The molecule has 0 aromatic carbocycles. The van der Waals surface area contributed by atoms with Crippen LogP contribution < -0.4 is 0 Å². The molecule has 0 fully saturated rings. The molecule has 0 aliphatic heterocycles. The average Bonchev–Trinajstić information content (AvgIpc) is 2.62. The van der Waals surface area contributed by atoms with Gasteiger partial charge in [-0.1, -0.05) is 6.07 Å². The van der Waals surface area contributed by atoms with E-state index in [-0.39, 0.29) is 11.6 Å². The maximum atomic E-state index is 9.47. The van der Waals surface area contributed by atoms with Gasteiger partial charge in [0.15, 0.2) is 12.1 Å². The summed E-state index contributed by atoms with van der Waals surface area (Å²) in [5, 5.41) is 31.0. The van der Waals surface area contributed by atoms with E-state index in [1.807, 2.05) is 0 Å². The van der Waals surface area contributed by atoms with Gasteiger partial charge in [-0.15, -0.1) is 0 Å². The van der Waals surface area contributed by atoms with Gasteiger partial charge in [0, 0.05) is 12.3 Å². The predicted molar refractivity (Wildman–Crippen MR) is 50.2 cm³/mol. The van der Waals surface area contributed by atoms with E-state index in [2.05, 4.69) is 10.1 Å². The molecule has 2 heterocycles. The van der Waals surface area contributed by atoms with Crippen molar-refractivity contribution in [1.29, 1.82) is 0 Å². The fourth-order valence-corrected chi connectivity index (χ4v) is 1.16. The molecule has 0 aliphatic rings. The van der Waals surface area contributed by atoms with E-state index in [0.29, 0.717) is 5.82 Å². The van der Waals surface area contributed by atoms with Gasteiger partial charge >= 0.3 is 0 Å². The minimum atomic E-state index is -1.71. The van der Waals surface area contributed by atoms with Crippen LogP contribution in [0.1, 0.15) is 12.0 Å². The second-order valence-electron chi connectivity index (χ2n) is 2.90. The van der Waals surface area contributed by atoms with Crippen LogP contribution in [0, 0.1) is 0 Å². The number of pyridine rings is 1. The lowest BCUT2D eigenvalue weighted by molar-refractivity contribution is -0.0460. The molecule has 0 bridgehead atoms. The maximum Gasteiger partial charge on any atom is 0.216 e. The SMILES string of the molecule is Oc1cc(C(O)O)nn1-c1ccccn1. The lowest BCUT2D eigenvalue weighted by Crippen LogP contribution is -2.01. The maximum absolute atomic E-state index is 9.47. The Morgan fingerprint density at radius 3 is 2.60 bits per heavy atom. The largest absolute Gasteiger partial charge is 0.493 e.